The molecule has 2 aliphatic rings. The molecule has 0 aromatic heterocycles. The van der Waals surface area contributed by atoms with Gasteiger partial charge < -0.3 is 20.2 Å². The number of fused-ring (bicyclic) bond motifs is 1. The first kappa shape index (κ1) is 27.9. The highest BCUT2D eigenvalue weighted by Gasteiger charge is 2.52. The molecule has 0 aliphatic carbocycles. The lowest BCUT2D eigenvalue weighted by Gasteiger charge is -2.46. The molecule has 0 bridgehead atoms. The Balaban J connectivity index is 1.43. The molecule has 9 heteroatoms. The van der Waals surface area contributed by atoms with Gasteiger partial charge in [0.1, 0.15) is 18.0 Å². The number of nitrogens with zero attached hydrogens (tertiary/aromatic N) is 4. The Labute approximate surface area is 240 Å². The first-order valence-electron chi connectivity index (χ1n) is 13.7. The van der Waals surface area contributed by atoms with Crippen molar-refractivity contribution in [1.29, 1.82) is 0 Å². The zero-order valence-corrected chi connectivity index (χ0v) is 23.1. The van der Waals surface area contributed by atoms with Crippen molar-refractivity contribution in [2.45, 2.75) is 38.6 Å². The van der Waals surface area contributed by atoms with Gasteiger partial charge in [-0.3, -0.25) is 14.6 Å². The van der Waals surface area contributed by atoms with Crippen LogP contribution in [0.5, 0.6) is 5.75 Å². The zero-order valence-electron chi connectivity index (χ0n) is 23.1. The third-order valence-corrected chi connectivity index (χ3v) is 7.56. The fraction of sp³-hybridized carbons (Fsp3) is 0.281. The largest absolute Gasteiger partial charge is 0.508 e. The monoisotopic (exact) mass is 553 g/mol. The highest BCUT2D eigenvalue weighted by atomic mass is 16.3. The predicted molar refractivity (Wildman–Crippen MR) is 155 cm³/mol. The van der Waals surface area contributed by atoms with E-state index in [4.69, 9.17) is 0 Å². The highest BCUT2D eigenvalue weighted by molar-refractivity contribution is 5.91. The normalized spacial score (nSPS) is 18.8. The number of hydrogen-bond donors (Lipinski definition) is 2. The fourth-order valence-corrected chi connectivity index (χ4v) is 5.45. The molecule has 9 nitrogen and oxygen atoms in total. The topological polar surface area (TPSA) is 96.4 Å². The van der Waals surface area contributed by atoms with Crippen molar-refractivity contribution in [3.05, 3.63) is 114 Å². The average Bonchev–Trinajstić information content (AvgIpc) is 3.30. The van der Waals surface area contributed by atoms with Crippen molar-refractivity contribution in [2.75, 3.05) is 19.6 Å². The fourth-order valence-electron chi connectivity index (χ4n) is 5.45. The average molecular weight is 554 g/mol. The molecule has 4 amide bonds. The molecule has 2 aliphatic heterocycles. The van der Waals surface area contributed by atoms with Gasteiger partial charge in [-0.1, -0.05) is 78.4 Å². The minimum Gasteiger partial charge on any atom is -0.508 e. The van der Waals surface area contributed by atoms with Crippen molar-refractivity contribution in [1.82, 2.24) is 25.1 Å². The minimum absolute atomic E-state index is 0.0327. The number of rotatable bonds is 9. The molecule has 212 valence electrons. The van der Waals surface area contributed by atoms with E-state index in [0.717, 1.165) is 22.3 Å². The summed E-state index contributed by atoms with van der Waals surface area (Å²) in [5.41, 5.74) is 3.90. The summed E-state index contributed by atoms with van der Waals surface area (Å²) in [6.07, 6.45) is 1.39. The standard InChI is InChI=1S/C32H35N5O4/c1-3-17-35(32(41)33-19-25-7-5-4-6-8-25)36-22-30(39)37-28(18-24-13-15-27(38)16-14-24)31(40)34(21-29(36)37)20-26-11-9-23(2)10-12-26/h3-16,28-29,38H,1,17-22H2,2H3,(H,33,41)/t28-,29+/m0/s1. The van der Waals surface area contributed by atoms with E-state index < -0.39 is 12.2 Å². The van der Waals surface area contributed by atoms with Crippen LogP contribution in [0.2, 0.25) is 0 Å². The molecule has 2 heterocycles. The Hall–Kier alpha value is -4.63. The molecular formula is C32H35N5O4. The number of benzene rings is 3. The first-order chi connectivity index (χ1) is 19.8. The van der Waals surface area contributed by atoms with E-state index in [1.54, 1.807) is 45.2 Å². The Bertz CT molecular complexity index is 1390. The van der Waals surface area contributed by atoms with Gasteiger partial charge in [-0.05, 0) is 35.7 Å². The Kier molecular flexibility index (Phi) is 8.35. The number of hydrogen-bond acceptors (Lipinski definition) is 5. The lowest BCUT2D eigenvalue weighted by Crippen LogP contribution is -2.66. The summed E-state index contributed by atoms with van der Waals surface area (Å²) in [6, 6.07) is 23.2. The number of hydrazine groups is 1. The van der Waals surface area contributed by atoms with Crippen molar-refractivity contribution in [3.8, 4) is 5.75 Å². The summed E-state index contributed by atoms with van der Waals surface area (Å²) >= 11 is 0. The van der Waals surface area contributed by atoms with Crippen LogP contribution in [0.3, 0.4) is 0 Å². The molecule has 41 heavy (non-hydrogen) atoms. The minimum atomic E-state index is -0.751. The second-order valence-electron chi connectivity index (χ2n) is 10.5. The molecule has 2 saturated heterocycles. The summed E-state index contributed by atoms with van der Waals surface area (Å²) in [7, 11) is 0. The summed E-state index contributed by atoms with van der Waals surface area (Å²) in [5, 5.41) is 16.0. The van der Waals surface area contributed by atoms with Crippen LogP contribution < -0.4 is 5.32 Å². The lowest BCUT2D eigenvalue weighted by atomic mass is 9.99. The second kappa shape index (κ2) is 12.3. The molecule has 2 N–H and O–H groups in total. The molecule has 0 unspecified atom stereocenters. The van der Waals surface area contributed by atoms with Crippen LogP contribution in [0, 0.1) is 6.92 Å². The van der Waals surface area contributed by atoms with Gasteiger partial charge in [-0.25, -0.2) is 4.79 Å². The molecule has 3 aromatic rings. The van der Waals surface area contributed by atoms with E-state index in [1.165, 1.54) is 5.01 Å². The van der Waals surface area contributed by atoms with E-state index in [0.29, 0.717) is 19.5 Å². The maximum Gasteiger partial charge on any atom is 0.332 e. The number of aromatic hydroxyl groups is 1. The van der Waals surface area contributed by atoms with Gasteiger partial charge in [-0.2, -0.15) is 5.01 Å². The van der Waals surface area contributed by atoms with Crippen molar-refractivity contribution in [3.63, 3.8) is 0 Å². The number of nitrogens with one attached hydrogen (secondary N) is 1. The number of aryl methyl sites for hydroxylation is 1. The first-order valence-corrected chi connectivity index (χ1v) is 13.7. The molecule has 0 saturated carbocycles. The quantitative estimate of drug-likeness (QED) is 0.396. The van der Waals surface area contributed by atoms with Gasteiger partial charge in [-0.15, -0.1) is 6.58 Å². The van der Waals surface area contributed by atoms with Crippen LogP contribution in [0.1, 0.15) is 22.3 Å². The number of piperazine rings is 1. The number of carbonyl (C=O) groups excluding carboxylic acids is 3. The summed E-state index contributed by atoms with van der Waals surface area (Å²) in [5.74, 6) is -0.228. The maximum atomic E-state index is 13.9. The summed E-state index contributed by atoms with van der Waals surface area (Å²) in [6.45, 7) is 6.99. The van der Waals surface area contributed by atoms with Crippen molar-refractivity contribution in [2.24, 2.45) is 0 Å². The van der Waals surface area contributed by atoms with E-state index in [-0.39, 0.29) is 43.2 Å². The van der Waals surface area contributed by atoms with Crippen LogP contribution in [-0.4, -0.2) is 74.6 Å². The smallest absolute Gasteiger partial charge is 0.332 e. The summed E-state index contributed by atoms with van der Waals surface area (Å²) < 4.78 is 0. The number of phenolic OH excluding ortho intramolecular Hbond substituents is 1. The lowest BCUT2D eigenvalue weighted by molar-refractivity contribution is -0.157. The number of urea groups is 1. The van der Waals surface area contributed by atoms with Gasteiger partial charge in [0, 0.05) is 19.5 Å². The van der Waals surface area contributed by atoms with Crippen LogP contribution in [0.15, 0.2) is 91.5 Å². The number of amides is 4. The maximum absolute atomic E-state index is 13.9. The molecule has 2 fully saturated rings. The van der Waals surface area contributed by atoms with Crippen LogP contribution >= 0.6 is 0 Å². The SMILES string of the molecule is C=CCN(C(=O)NCc1ccccc1)N1CC(=O)N2[C@@H](Cc3ccc(O)cc3)C(=O)N(Cc3ccc(C)cc3)C[C@@H]21. The van der Waals surface area contributed by atoms with Gasteiger partial charge in [0.15, 0.2) is 0 Å². The molecule has 5 rings (SSSR count). The van der Waals surface area contributed by atoms with Crippen molar-refractivity contribution >= 4 is 17.8 Å². The van der Waals surface area contributed by atoms with Crippen LogP contribution in [0.4, 0.5) is 4.79 Å². The Morgan fingerprint density at radius 2 is 1.68 bits per heavy atom. The molecular weight excluding hydrogens is 518 g/mol. The van der Waals surface area contributed by atoms with E-state index in [1.807, 2.05) is 61.5 Å². The van der Waals surface area contributed by atoms with E-state index in [9.17, 15) is 19.5 Å². The van der Waals surface area contributed by atoms with E-state index in [2.05, 4.69) is 11.9 Å². The highest BCUT2D eigenvalue weighted by Crippen LogP contribution is 2.30. The van der Waals surface area contributed by atoms with Gasteiger partial charge >= 0.3 is 6.03 Å². The third kappa shape index (κ3) is 6.25. The molecule has 0 spiro atoms. The van der Waals surface area contributed by atoms with Crippen LogP contribution in [-0.2, 0) is 29.1 Å². The van der Waals surface area contributed by atoms with Gasteiger partial charge in [0.2, 0.25) is 11.8 Å². The molecule has 0 radical (unpaired) electrons. The number of phenols is 1. The zero-order chi connectivity index (χ0) is 28.9. The molecule has 2 atom stereocenters. The van der Waals surface area contributed by atoms with Crippen LogP contribution in [0.25, 0.3) is 0 Å². The van der Waals surface area contributed by atoms with E-state index >= 15 is 0 Å². The Morgan fingerprint density at radius 1 is 1.00 bits per heavy atom. The predicted octanol–water partition coefficient (Wildman–Crippen LogP) is 3.44. The Morgan fingerprint density at radius 3 is 2.37 bits per heavy atom. The third-order valence-electron chi connectivity index (χ3n) is 7.56. The molecule has 3 aromatic carbocycles. The van der Waals surface area contributed by atoms with Gasteiger partial charge in [0.05, 0.1) is 19.6 Å². The second-order valence-corrected chi connectivity index (χ2v) is 10.5. The van der Waals surface area contributed by atoms with Gasteiger partial charge in [0.25, 0.3) is 0 Å². The van der Waals surface area contributed by atoms with Crippen molar-refractivity contribution < 1.29 is 19.5 Å². The summed E-state index contributed by atoms with van der Waals surface area (Å²) in [4.78, 5) is 44.3. The number of carbonyl (C=O) groups is 3.